The highest BCUT2D eigenvalue weighted by Crippen LogP contribution is 2.26. The van der Waals surface area contributed by atoms with Gasteiger partial charge >= 0.3 is 5.97 Å². The number of hydrogen-bond acceptors (Lipinski definition) is 6. The molecule has 1 unspecified atom stereocenters. The van der Waals surface area contributed by atoms with E-state index in [0.29, 0.717) is 24.4 Å². The van der Waals surface area contributed by atoms with Crippen LogP contribution in [0.15, 0.2) is 52.7 Å². The van der Waals surface area contributed by atoms with Crippen LogP contribution in [0.5, 0.6) is 0 Å². The summed E-state index contributed by atoms with van der Waals surface area (Å²) in [7, 11) is 0. The molecule has 0 heterocycles. The third kappa shape index (κ3) is 6.42. The number of carbonyl (C=O) groups is 1. The van der Waals surface area contributed by atoms with Gasteiger partial charge in [-0.2, -0.15) is 15.5 Å². The number of rotatable bonds is 9. The van der Waals surface area contributed by atoms with Crippen molar-refractivity contribution in [1.82, 2.24) is 0 Å². The molecule has 6 nitrogen and oxygen atoms in total. The van der Waals surface area contributed by atoms with Gasteiger partial charge in [0, 0.05) is 12.2 Å². The first-order valence-corrected chi connectivity index (χ1v) is 9.92. The standard InChI is InChI=1S/C23H28N4O2/c1-5-17(3)23(28)29-14-13-27(6-2)21-11-12-22(18(4)15-21)26-25-20-9-7-19(16-24)8-10-20/h7-12,15,17H,5-6,13-14H2,1-4H3/b26-25+. The van der Waals surface area contributed by atoms with Gasteiger partial charge in [-0.15, -0.1) is 0 Å². The first-order chi connectivity index (χ1) is 14.0. The van der Waals surface area contributed by atoms with Crippen LogP contribution in [0.3, 0.4) is 0 Å². The molecule has 0 fully saturated rings. The molecular weight excluding hydrogens is 364 g/mol. The molecule has 0 aromatic heterocycles. The molecule has 0 saturated heterocycles. The molecule has 0 aliphatic carbocycles. The molecule has 2 aromatic carbocycles. The lowest BCUT2D eigenvalue weighted by Crippen LogP contribution is -2.29. The molecule has 0 radical (unpaired) electrons. The van der Waals surface area contributed by atoms with E-state index in [-0.39, 0.29) is 11.9 Å². The Morgan fingerprint density at radius 1 is 1.17 bits per heavy atom. The number of nitrogens with zero attached hydrogens (tertiary/aromatic N) is 4. The number of likely N-dealkylation sites (N-methyl/N-ethyl adjacent to an activating group) is 1. The number of benzene rings is 2. The number of azo groups is 1. The maximum atomic E-state index is 11.8. The number of aryl methyl sites for hydroxylation is 1. The van der Waals surface area contributed by atoms with Gasteiger partial charge in [-0.25, -0.2) is 0 Å². The normalized spacial score (nSPS) is 11.8. The lowest BCUT2D eigenvalue weighted by atomic mass is 10.1. The van der Waals surface area contributed by atoms with Gasteiger partial charge in [0.2, 0.25) is 0 Å². The van der Waals surface area contributed by atoms with Crippen LogP contribution in [0.4, 0.5) is 17.1 Å². The van der Waals surface area contributed by atoms with E-state index < -0.39 is 0 Å². The van der Waals surface area contributed by atoms with Crippen LogP contribution in [0, 0.1) is 24.2 Å². The Labute approximate surface area is 172 Å². The van der Waals surface area contributed by atoms with Gasteiger partial charge in [-0.05, 0) is 68.3 Å². The Bertz CT molecular complexity index is 885. The topological polar surface area (TPSA) is 78.0 Å². The minimum absolute atomic E-state index is 0.0620. The largest absolute Gasteiger partial charge is 0.464 e. The Morgan fingerprint density at radius 3 is 2.48 bits per heavy atom. The Morgan fingerprint density at radius 2 is 1.90 bits per heavy atom. The Balaban J connectivity index is 2.01. The maximum absolute atomic E-state index is 11.8. The van der Waals surface area contributed by atoms with Crippen LogP contribution in [0.25, 0.3) is 0 Å². The van der Waals surface area contributed by atoms with Gasteiger partial charge < -0.3 is 9.64 Å². The number of nitriles is 1. The SMILES string of the molecule is CCC(C)C(=O)OCCN(CC)c1ccc(/N=N/c2ccc(C#N)cc2)c(C)c1. The van der Waals surface area contributed by atoms with Gasteiger partial charge in [0.05, 0.1) is 35.5 Å². The van der Waals surface area contributed by atoms with Crippen LogP contribution in [-0.4, -0.2) is 25.7 Å². The highest BCUT2D eigenvalue weighted by atomic mass is 16.5. The summed E-state index contributed by atoms with van der Waals surface area (Å²) in [5, 5.41) is 17.4. The van der Waals surface area contributed by atoms with Crippen LogP contribution in [0.2, 0.25) is 0 Å². The van der Waals surface area contributed by atoms with Crippen LogP contribution in [-0.2, 0) is 9.53 Å². The Hall–Kier alpha value is -3.20. The second-order valence-electron chi connectivity index (χ2n) is 6.89. The van der Waals surface area contributed by atoms with E-state index in [1.165, 1.54) is 0 Å². The molecule has 0 saturated carbocycles. The summed E-state index contributed by atoms with van der Waals surface area (Å²) in [6, 6.07) is 15.1. The van der Waals surface area contributed by atoms with E-state index in [4.69, 9.17) is 10.00 Å². The fourth-order valence-electron chi connectivity index (χ4n) is 2.70. The smallest absolute Gasteiger partial charge is 0.308 e. The van der Waals surface area contributed by atoms with Gasteiger partial charge in [-0.1, -0.05) is 13.8 Å². The number of ether oxygens (including phenoxy) is 1. The second kappa shape index (κ2) is 11.0. The number of carbonyl (C=O) groups excluding carboxylic acids is 1. The van der Waals surface area contributed by atoms with E-state index in [9.17, 15) is 4.79 Å². The molecule has 152 valence electrons. The fraction of sp³-hybridized carbons (Fsp3) is 0.391. The van der Waals surface area contributed by atoms with Crippen molar-refractivity contribution in [3.8, 4) is 6.07 Å². The predicted molar refractivity (Wildman–Crippen MR) is 115 cm³/mol. The highest BCUT2D eigenvalue weighted by molar-refractivity contribution is 5.71. The first-order valence-electron chi connectivity index (χ1n) is 9.92. The second-order valence-corrected chi connectivity index (χ2v) is 6.89. The summed E-state index contributed by atoms with van der Waals surface area (Å²) in [6.45, 7) is 9.76. The van der Waals surface area contributed by atoms with Crippen molar-refractivity contribution < 1.29 is 9.53 Å². The van der Waals surface area contributed by atoms with E-state index in [1.807, 2.05) is 32.9 Å². The number of anilines is 1. The third-order valence-electron chi connectivity index (χ3n) is 4.82. The van der Waals surface area contributed by atoms with Crippen molar-refractivity contribution in [1.29, 1.82) is 5.26 Å². The lowest BCUT2D eigenvalue weighted by molar-refractivity contribution is -0.147. The molecule has 0 aliphatic rings. The van der Waals surface area contributed by atoms with Crippen LogP contribution < -0.4 is 4.90 Å². The van der Waals surface area contributed by atoms with E-state index in [1.54, 1.807) is 24.3 Å². The zero-order valence-electron chi connectivity index (χ0n) is 17.6. The molecular formula is C23H28N4O2. The number of hydrogen-bond donors (Lipinski definition) is 0. The van der Waals surface area contributed by atoms with Gasteiger partial charge in [0.25, 0.3) is 0 Å². The van der Waals surface area contributed by atoms with Crippen molar-refractivity contribution in [2.75, 3.05) is 24.6 Å². The van der Waals surface area contributed by atoms with Crippen molar-refractivity contribution >= 4 is 23.0 Å². The zero-order valence-corrected chi connectivity index (χ0v) is 17.6. The molecule has 2 rings (SSSR count). The lowest BCUT2D eigenvalue weighted by Gasteiger charge is -2.24. The Kier molecular flexibility index (Phi) is 8.35. The van der Waals surface area contributed by atoms with Gasteiger partial charge in [0.15, 0.2) is 0 Å². The highest BCUT2D eigenvalue weighted by Gasteiger charge is 2.13. The fourth-order valence-corrected chi connectivity index (χ4v) is 2.70. The minimum Gasteiger partial charge on any atom is -0.464 e. The summed E-state index contributed by atoms with van der Waals surface area (Å²) in [6.07, 6.45) is 0.786. The molecule has 0 amide bonds. The molecule has 0 aliphatic heterocycles. The van der Waals surface area contributed by atoms with Gasteiger partial charge in [-0.3, -0.25) is 4.79 Å². The molecule has 0 bridgehead atoms. The van der Waals surface area contributed by atoms with Crippen LogP contribution >= 0.6 is 0 Å². The summed E-state index contributed by atoms with van der Waals surface area (Å²) >= 11 is 0. The third-order valence-corrected chi connectivity index (χ3v) is 4.82. The first kappa shape index (κ1) is 22.1. The average Bonchev–Trinajstić information content (AvgIpc) is 2.75. The quantitative estimate of drug-likeness (QED) is 0.405. The number of esters is 1. The van der Waals surface area contributed by atoms with Crippen molar-refractivity contribution in [3.63, 3.8) is 0 Å². The zero-order chi connectivity index (χ0) is 21.2. The van der Waals surface area contributed by atoms with Crippen LogP contribution in [0.1, 0.15) is 38.3 Å². The van der Waals surface area contributed by atoms with Crippen molar-refractivity contribution in [2.24, 2.45) is 16.1 Å². The van der Waals surface area contributed by atoms with Crippen molar-refractivity contribution in [2.45, 2.75) is 34.1 Å². The maximum Gasteiger partial charge on any atom is 0.308 e. The van der Waals surface area contributed by atoms with Crippen molar-refractivity contribution in [3.05, 3.63) is 53.6 Å². The van der Waals surface area contributed by atoms with E-state index in [0.717, 1.165) is 29.9 Å². The molecule has 29 heavy (non-hydrogen) atoms. The summed E-state index contributed by atoms with van der Waals surface area (Å²) in [5.74, 6) is -0.202. The monoisotopic (exact) mass is 392 g/mol. The molecule has 1 atom stereocenters. The molecule has 0 N–H and O–H groups in total. The molecule has 0 spiro atoms. The molecule has 2 aromatic rings. The summed E-state index contributed by atoms with van der Waals surface area (Å²) in [4.78, 5) is 14.0. The predicted octanol–water partition coefficient (Wildman–Crippen LogP) is 5.70. The van der Waals surface area contributed by atoms with E-state index >= 15 is 0 Å². The van der Waals surface area contributed by atoms with Gasteiger partial charge in [0.1, 0.15) is 6.61 Å². The molecule has 6 heteroatoms. The summed E-state index contributed by atoms with van der Waals surface area (Å²) < 4.78 is 5.37. The minimum atomic E-state index is -0.140. The van der Waals surface area contributed by atoms with E-state index in [2.05, 4.69) is 34.2 Å². The summed E-state index contributed by atoms with van der Waals surface area (Å²) in [5.41, 5.74) is 4.15. The average molecular weight is 393 g/mol.